The van der Waals surface area contributed by atoms with Crippen LogP contribution in [-0.2, 0) is 47.7 Å². The van der Waals surface area contributed by atoms with Crippen molar-refractivity contribution in [3.63, 3.8) is 0 Å². The molecule has 8 nitrogen and oxygen atoms in total. The van der Waals surface area contributed by atoms with Gasteiger partial charge in [0.1, 0.15) is 19.0 Å². The Balaban J connectivity index is 1.73. The topological polar surface area (TPSA) is 100 Å². The van der Waals surface area contributed by atoms with Crippen molar-refractivity contribution in [3.8, 4) is 0 Å². The minimum atomic E-state index is -4.09. The van der Waals surface area contributed by atoms with Crippen LogP contribution < -0.4 is 5.32 Å². The van der Waals surface area contributed by atoms with E-state index < -0.39 is 31.5 Å². The first-order valence-electron chi connectivity index (χ1n) is 13.0. The van der Waals surface area contributed by atoms with E-state index in [1.54, 1.807) is 0 Å². The third kappa shape index (κ3) is 10.3. The van der Waals surface area contributed by atoms with Gasteiger partial charge in [0.15, 0.2) is 6.10 Å². The second kappa shape index (κ2) is 15.8. The van der Waals surface area contributed by atoms with E-state index in [2.05, 4.69) is 5.32 Å². The highest BCUT2D eigenvalue weighted by Gasteiger charge is 2.40. The summed E-state index contributed by atoms with van der Waals surface area (Å²) in [5.74, 6) is -1.72. The van der Waals surface area contributed by atoms with Crippen LogP contribution in [0.3, 0.4) is 0 Å². The molecule has 0 saturated carbocycles. The molecule has 0 aliphatic rings. The minimum Gasteiger partial charge on any atom is -0.459 e. The van der Waals surface area contributed by atoms with E-state index in [9.17, 15) is 14.2 Å². The number of carbonyl (C=O) groups excluding carboxylic acids is 2. The molecule has 1 amide bonds. The van der Waals surface area contributed by atoms with Gasteiger partial charge in [0, 0.05) is 0 Å². The van der Waals surface area contributed by atoms with Crippen LogP contribution in [0.2, 0.25) is 0 Å². The summed E-state index contributed by atoms with van der Waals surface area (Å²) in [6.07, 6.45) is -0.245. The Morgan fingerprint density at radius 2 is 1.26 bits per heavy atom. The predicted molar refractivity (Wildman–Crippen MR) is 149 cm³/mol. The van der Waals surface area contributed by atoms with Gasteiger partial charge in [-0.15, -0.1) is 0 Å². The van der Waals surface area contributed by atoms with Crippen molar-refractivity contribution in [2.45, 2.75) is 64.8 Å². The van der Waals surface area contributed by atoms with Gasteiger partial charge in [-0.1, -0.05) is 111 Å². The van der Waals surface area contributed by atoms with Gasteiger partial charge in [-0.05, 0) is 30.0 Å². The normalized spacial score (nSPS) is 14.0. The van der Waals surface area contributed by atoms with Crippen molar-refractivity contribution in [3.05, 3.63) is 108 Å². The molecule has 0 aliphatic heterocycles. The van der Waals surface area contributed by atoms with E-state index >= 15 is 0 Å². The van der Waals surface area contributed by atoms with Crippen molar-refractivity contribution < 1.29 is 32.7 Å². The summed E-state index contributed by atoms with van der Waals surface area (Å²) in [4.78, 5) is 25.5. The van der Waals surface area contributed by atoms with Gasteiger partial charge >= 0.3 is 19.7 Å². The third-order valence-corrected chi connectivity index (χ3v) is 8.07. The summed E-state index contributed by atoms with van der Waals surface area (Å²) >= 11 is 0. The fourth-order valence-electron chi connectivity index (χ4n) is 3.65. The number of unbranched alkanes of at least 4 members (excludes halogenated alkanes) is 1. The SMILES string of the molecule is CCCCC(NC(=O)OCc1ccccc1)P(=O)(OCc1ccccc1)O[C@@H](C)C(=O)OCc1ccccc1. The number of amides is 1. The quantitative estimate of drug-likeness (QED) is 0.160. The maximum absolute atomic E-state index is 14.3. The Hall–Kier alpha value is -3.45. The van der Waals surface area contributed by atoms with Gasteiger partial charge < -0.3 is 19.3 Å². The molecule has 39 heavy (non-hydrogen) atoms. The second-order valence-corrected chi connectivity index (χ2v) is 11.2. The van der Waals surface area contributed by atoms with Gasteiger partial charge in [0.2, 0.25) is 0 Å². The molecular weight excluding hydrogens is 517 g/mol. The summed E-state index contributed by atoms with van der Waals surface area (Å²) in [5.41, 5.74) is 2.39. The first kappa shape index (κ1) is 30.1. The fraction of sp³-hybridized carbons (Fsp3) is 0.333. The van der Waals surface area contributed by atoms with Gasteiger partial charge in [-0.3, -0.25) is 9.09 Å². The van der Waals surface area contributed by atoms with Gasteiger partial charge in [0.25, 0.3) is 0 Å². The third-order valence-electron chi connectivity index (χ3n) is 5.82. The maximum Gasteiger partial charge on any atom is 0.408 e. The minimum absolute atomic E-state index is 0.0345. The van der Waals surface area contributed by atoms with E-state index in [1.807, 2.05) is 97.9 Å². The Kier molecular flexibility index (Phi) is 12.2. The zero-order valence-corrected chi connectivity index (χ0v) is 23.3. The highest BCUT2D eigenvalue weighted by molar-refractivity contribution is 7.54. The average Bonchev–Trinajstić information content (AvgIpc) is 2.97. The van der Waals surface area contributed by atoms with Crippen LogP contribution >= 0.6 is 7.60 Å². The van der Waals surface area contributed by atoms with Crippen molar-refractivity contribution in [1.82, 2.24) is 5.32 Å². The summed E-state index contributed by atoms with van der Waals surface area (Å²) < 4.78 is 36.7. The Labute approximate surface area is 230 Å². The number of benzene rings is 3. The van der Waals surface area contributed by atoms with Crippen molar-refractivity contribution in [1.29, 1.82) is 0 Å². The highest BCUT2D eigenvalue weighted by atomic mass is 31.2. The van der Waals surface area contributed by atoms with Crippen LogP contribution in [0.4, 0.5) is 4.79 Å². The number of nitrogens with one attached hydrogen (secondary N) is 1. The molecule has 1 N–H and O–H groups in total. The summed E-state index contributed by atoms with van der Waals surface area (Å²) in [6, 6.07) is 27.6. The van der Waals surface area contributed by atoms with E-state index in [4.69, 9.17) is 18.5 Å². The molecule has 0 heterocycles. The van der Waals surface area contributed by atoms with E-state index in [0.29, 0.717) is 12.8 Å². The van der Waals surface area contributed by atoms with Gasteiger partial charge in [0.05, 0.1) is 6.61 Å². The van der Waals surface area contributed by atoms with Crippen molar-refractivity contribution in [2.75, 3.05) is 0 Å². The summed E-state index contributed by atoms with van der Waals surface area (Å²) in [6.45, 7) is 3.49. The predicted octanol–water partition coefficient (Wildman–Crippen LogP) is 6.99. The molecule has 0 spiro atoms. The Morgan fingerprint density at radius 3 is 1.77 bits per heavy atom. The molecule has 208 valence electrons. The summed E-state index contributed by atoms with van der Waals surface area (Å²) in [5, 5.41) is 2.67. The second-order valence-electron chi connectivity index (χ2n) is 9.00. The molecule has 0 radical (unpaired) electrons. The largest absolute Gasteiger partial charge is 0.459 e. The lowest BCUT2D eigenvalue weighted by Gasteiger charge is -2.29. The van der Waals surface area contributed by atoms with Crippen LogP contribution in [0.15, 0.2) is 91.0 Å². The molecule has 2 unspecified atom stereocenters. The lowest BCUT2D eigenvalue weighted by Crippen LogP contribution is -2.37. The van der Waals surface area contributed by atoms with Crippen LogP contribution in [0.1, 0.15) is 49.8 Å². The molecule has 0 fully saturated rings. The first-order valence-corrected chi connectivity index (χ1v) is 14.6. The fourth-order valence-corrected chi connectivity index (χ4v) is 5.66. The monoisotopic (exact) mass is 553 g/mol. The molecule has 3 aromatic rings. The Bertz CT molecular complexity index is 1190. The van der Waals surface area contributed by atoms with Gasteiger partial charge in [-0.2, -0.15) is 0 Å². The lowest BCUT2D eigenvalue weighted by molar-refractivity contribution is -0.153. The molecule has 0 aliphatic carbocycles. The van der Waals surface area contributed by atoms with E-state index in [1.165, 1.54) is 6.92 Å². The number of rotatable bonds is 15. The number of esters is 1. The number of carbonyl (C=O) groups is 2. The van der Waals surface area contributed by atoms with Crippen LogP contribution in [-0.4, -0.2) is 23.9 Å². The zero-order valence-electron chi connectivity index (χ0n) is 22.4. The zero-order chi connectivity index (χ0) is 27.9. The molecular formula is C30H36NO7P. The van der Waals surface area contributed by atoms with Crippen molar-refractivity contribution in [2.24, 2.45) is 0 Å². The molecule has 9 heteroatoms. The number of alkyl carbamates (subject to hydrolysis) is 1. The maximum atomic E-state index is 14.3. The number of ether oxygens (including phenoxy) is 2. The summed E-state index contributed by atoms with van der Waals surface area (Å²) in [7, 11) is -4.09. The molecule has 0 aromatic heterocycles. The highest BCUT2D eigenvalue weighted by Crippen LogP contribution is 2.55. The molecule has 0 saturated heterocycles. The van der Waals surface area contributed by atoms with E-state index in [0.717, 1.165) is 23.1 Å². The Morgan fingerprint density at radius 1 is 0.769 bits per heavy atom. The average molecular weight is 554 g/mol. The molecule has 3 atom stereocenters. The van der Waals surface area contributed by atoms with Crippen molar-refractivity contribution >= 4 is 19.7 Å². The smallest absolute Gasteiger partial charge is 0.408 e. The van der Waals surface area contributed by atoms with E-state index in [-0.39, 0.29) is 19.8 Å². The first-order chi connectivity index (χ1) is 18.9. The number of hydrogen-bond donors (Lipinski definition) is 1. The molecule has 3 rings (SSSR count). The van der Waals surface area contributed by atoms with Crippen LogP contribution in [0, 0.1) is 0 Å². The molecule has 3 aromatic carbocycles. The number of hydrogen-bond acceptors (Lipinski definition) is 7. The van der Waals surface area contributed by atoms with Crippen LogP contribution in [0.5, 0.6) is 0 Å². The standard InChI is InChI=1S/C30H36NO7P/c1-3-4-20-28(31-30(33)36-22-26-16-10-6-11-17-26)39(34,37-23-27-18-12-7-13-19-27)38-24(2)29(32)35-21-25-14-8-5-9-15-25/h5-19,24,28H,3-4,20-23H2,1-2H3,(H,31,33)/t24-,28?,39?/m0/s1. The van der Waals surface area contributed by atoms with Crippen LogP contribution in [0.25, 0.3) is 0 Å². The van der Waals surface area contributed by atoms with Gasteiger partial charge in [-0.25, -0.2) is 9.59 Å². The molecule has 0 bridgehead atoms. The lowest BCUT2D eigenvalue weighted by atomic mass is 10.2.